The van der Waals surface area contributed by atoms with Crippen molar-refractivity contribution >= 4 is 44.9 Å². The van der Waals surface area contributed by atoms with Gasteiger partial charge in [-0.25, -0.2) is 4.98 Å². The molecule has 0 saturated carbocycles. The van der Waals surface area contributed by atoms with Gasteiger partial charge in [0, 0.05) is 36.7 Å². The fourth-order valence-corrected chi connectivity index (χ4v) is 6.55. The van der Waals surface area contributed by atoms with E-state index in [4.69, 9.17) is 0 Å². The summed E-state index contributed by atoms with van der Waals surface area (Å²) in [6.07, 6.45) is 3.18. The van der Waals surface area contributed by atoms with Crippen LogP contribution in [0.4, 0.5) is 5.69 Å². The Kier molecular flexibility index (Phi) is 5.75. The zero-order valence-corrected chi connectivity index (χ0v) is 19.3. The van der Waals surface area contributed by atoms with E-state index in [0.717, 1.165) is 55.7 Å². The van der Waals surface area contributed by atoms with Crippen molar-refractivity contribution < 1.29 is 4.79 Å². The molecule has 5 rings (SSSR count). The van der Waals surface area contributed by atoms with E-state index in [1.54, 1.807) is 11.3 Å². The van der Waals surface area contributed by atoms with Crippen molar-refractivity contribution in [3.8, 4) is 0 Å². The maximum atomic E-state index is 12.7. The molecule has 3 heterocycles. The third-order valence-electron chi connectivity index (χ3n) is 6.09. The van der Waals surface area contributed by atoms with Crippen molar-refractivity contribution in [3.63, 3.8) is 0 Å². The van der Waals surface area contributed by atoms with Gasteiger partial charge < -0.3 is 14.8 Å². The maximum Gasteiger partial charge on any atom is 0.259 e. The molecule has 0 radical (unpaired) electrons. The van der Waals surface area contributed by atoms with Crippen molar-refractivity contribution in [2.45, 2.75) is 31.9 Å². The zero-order chi connectivity index (χ0) is 21.4. The van der Waals surface area contributed by atoms with Gasteiger partial charge in [-0.1, -0.05) is 12.1 Å². The molecule has 162 valence electrons. The minimum absolute atomic E-state index is 0.0291. The number of hydrogen-bond donors (Lipinski definition) is 1. The Morgan fingerprint density at radius 3 is 2.87 bits per heavy atom. The number of fused-ring (bicyclic) bond motifs is 3. The summed E-state index contributed by atoms with van der Waals surface area (Å²) in [5, 5.41) is 0.786. The van der Waals surface area contributed by atoms with E-state index in [9.17, 15) is 9.59 Å². The lowest BCUT2D eigenvalue weighted by molar-refractivity contribution is -0.128. The van der Waals surface area contributed by atoms with E-state index >= 15 is 0 Å². The Balaban J connectivity index is 1.14. The second-order valence-corrected chi connectivity index (χ2v) is 10.3. The molecule has 0 bridgehead atoms. The van der Waals surface area contributed by atoms with Gasteiger partial charge in [0.05, 0.1) is 16.9 Å². The Morgan fingerprint density at radius 2 is 2.06 bits per heavy atom. The average molecular weight is 455 g/mol. The number of amides is 1. The highest BCUT2D eigenvalue weighted by Gasteiger charge is 2.23. The van der Waals surface area contributed by atoms with E-state index in [1.165, 1.54) is 33.5 Å². The lowest BCUT2D eigenvalue weighted by Gasteiger charge is -2.36. The van der Waals surface area contributed by atoms with Gasteiger partial charge in [-0.05, 0) is 49.4 Å². The second-order valence-electron chi connectivity index (χ2n) is 8.25. The smallest absolute Gasteiger partial charge is 0.259 e. The summed E-state index contributed by atoms with van der Waals surface area (Å²) in [5.41, 5.74) is 3.65. The van der Waals surface area contributed by atoms with Crippen LogP contribution in [-0.2, 0) is 23.4 Å². The standard InChI is InChI=1S/C23H26N4O2S2/c1-15-4-2-5-16(12-15)26-8-10-27(11-9-26)20(28)14-30-13-19-24-22(29)21-17-6-3-7-18(17)31-23(21)25-19/h2,4-5,12H,3,6-11,13-14H2,1H3,(H,24,25,29). The van der Waals surface area contributed by atoms with Crippen LogP contribution in [0, 0.1) is 6.92 Å². The Morgan fingerprint density at radius 1 is 1.23 bits per heavy atom. The molecule has 3 aromatic rings. The first-order valence-corrected chi connectivity index (χ1v) is 12.8. The molecule has 2 aromatic heterocycles. The highest BCUT2D eigenvalue weighted by Crippen LogP contribution is 2.34. The largest absolute Gasteiger partial charge is 0.368 e. The van der Waals surface area contributed by atoms with E-state index in [2.05, 4.69) is 46.1 Å². The molecule has 1 aliphatic heterocycles. The summed E-state index contributed by atoms with van der Waals surface area (Å²) in [4.78, 5) is 39.3. The number of aryl methyl sites for hydroxylation is 3. The summed E-state index contributed by atoms with van der Waals surface area (Å²) < 4.78 is 0. The molecule has 1 N–H and O–H groups in total. The van der Waals surface area contributed by atoms with Crippen LogP contribution in [0.5, 0.6) is 0 Å². The zero-order valence-electron chi connectivity index (χ0n) is 17.6. The molecule has 1 saturated heterocycles. The van der Waals surface area contributed by atoms with Crippen molar-refractivity contribution in [1.82, 2.24) is 14.9 Å². The van der Waals surface area contributed by atoms with E-state index < -0.39 is 0 Å². The predicted molar refractivity (Wildman–Crippen MR) is 128 cm³/mol. The van der Waals surface area contributed by atoms with Crippen LogP contribution in [0.25, 0.3) is 10.2 Å². The first kappa shape index (κ1) is 20.6. The third-order valence-corrected chi connectivity index (χ3v) is 8.20. The Labute approximate surface area is 189 Å². The molecular weight excluding hydrogens is 428 g/mol. The van der Waals surface area contributed by atoms with Crippen LogP contribution >= 0.6 is 23.1 Å². The average Bonchev–Trinajstić information content (AvgIpc) is 3.35. The number of anilines is 1. The molecule has 1 amide bonds. The van der Waals surface area contributed by atoms with Gasteiger partial charge in [0.2, 0.25) is 5.91 Å². The van der Waals surface area contributed by atoms with Gasteiger partial charge in [0.15, 0.2) is 0 Å². The summed E-state index contributed by atoms with van der Waals surface area (Å²) in [5.74, 6) is 1.78. The van der Waals surface area contributed by atoms with Gasteiger partial charge in [0.1, 0.15) is 10.7 Å². The number of piperazine rings is 1. The first-order chi connectivity index (χ1) is 15.1. The molecule has 6 nitrogen and oxygen atoms in total. The van der Waals surface area contributed by atoms with Crippen molar-refractivity contribution in [2.75, 3.05) is 36.8 Å². The number of nitrogens with one attached hydrogen (secondary N) is 1. The lowest BCUT2D eigenvalue weighted by atomic mass is 10.2. The quantitative estimate of drug-likeness (QED) is 0.640. The van der Waals surface area contributed by atoms with E-state index in [-0.39, 0.29) is 11.5 Å². The van der Waals surface area contributed by atoms with Gasteiger partial charge >= 0.3 is 0 Å². The van der Waals surface area contributed by atoms with Gasteiger partial charge in [-0.15, -0.1) is 23.1 Å². The van der Waals surface area contributed by atoms with Crippen LogP contribution in [0.15, 0.2) is 29.1 Å². The number of benzene rings is 1. The van der Waals surface area contributed by atoms with E-state index in [1.807, 2.05) is 4.90 Å². The predicted octanol–water partition coefficient (Wildman–Crippen LogP) is 3.36. The van der Waals surface area contributed by atoms with Crippen LogP contribution in [0.2, 0.25) is 0 Å². The van der Waals surface area contributed by atoms with Gasteiger partial charge in [-0.3, -0.25) is 9.59 Å². The van der Waals surface area contributed by atoms with Crippen molar-refractivity contribution in [2.24, 2.45) is 0 Å². The van der Waals surface area contributed by atoms with Crippen LogP contribution in [0.1, 0.15) is 28.2 Å². The topological polar surface area (TPSA) is 69.3 Å². The molecule has 1 aliphatic carbocycles. The molecule has 1 aromatic carbocycles. The Hall–Kier alpha value is -2.32. The monoisotopic (exact) mass is 454 g/mol. The summed E-state index contributed by atoms with van der Waals surface area (Å²) in [7, 11) is 0. The molecule has 8 heteroatoms. The molecule has 31 heavy (non-hydrogen) atoms. The van der Waals surface area contributed by atoms with Crippen LogP contribution in [0.3, 0.4) is 0 Å². The molecule has 0 spiro atoms. The minimum Gasteiger partial charge on any atom is -0.368 e. The molecule has 1 fully saturated rings. The number of H-pyrrole nitrogens is 1. The lowest BCUT2D eigenvalue weighted by Crippen LogP contribution is -2.49. The number of carbonyl (C=O) groups is 1. The summed E-state index contributed by atoms with van der Waals surface area (Å²) in [6.45, 7) is 5.30. The molecule has 0 atom stereocenters. The number of aromatic nitrogens is 2. The third kappa shape index (κ3) is 4.23. The molecule has 2 aliphatic rings. The van der Waals surface area contributed by atoms with Gasteiger partial charge in [0.25, 0.3) is 5.56 Å². The second kappa shape index (κ2) is 8.67. The SMILES string of the molecule is Cc1cccc(N2CCN(C(=O)CSCc3nc4sc5c(c4c(=O)[nH]3)CCC5)CC2)c1. The first-order valence-electron chi connectivity index (χ1n) is 10.8. The summed E-state index contributed by atoms with van der Waals surface area (Å²) >= 11 is 3.18. The van der Waals surface area contributed by atoms with E-state index in [0.29, 0.717) is 17.3 Å². The van der Waals surface area contributed by atoms with Crippen LogP contribution in [-0.4, -0.2) is 52.7 Å². The normalized spacial score (nSPS) is 16.2. The number of hydrogen-bond acceptors (Lipinski definition) is 6. The van der Waals surface area contributed by atoms with Crippen LogP contribution < -0.4 is 10.5 Å². The summed E-state index contributed by atoms with van der Waals surface area (Å²) in [6, 6.07) is 8.51. The van der Waals surface area contributed by atoms with Crippen molar-refractivity contribution in [3.05, 3.63) is 56.4 Å². The minimum atomic E-state index is -0.0291. The molecular formula is C23H26N4O2S2. The Bertz CT molecular complexity index is 1180. The fraction of sp³-hybridized carbons (Fsp3) is 0.435. The van der Waals surface area contributed by atoms with Crippen molar-refractivity contribution in [1.29, 1.82) is 0 Å². The highest BCUT2D eigenvalue weighted by atomic mass is 32.2. The number of thioether (sulfide) groups is 1. The number of rotatable bonds is 5. The number of thiophene rings is 1. The molecule has 0 unspecified atom stereocenters. The van der Waals surface area contributed by atoms with Gasteiger partial charge in [-0.2, -0.15) is 0 Å². The number of carbonyl (C=O) groups excluding carboxylic acids is 1. The number of aromatic amines is 1. The fourth-order valence-electron chi connectivity index (χ4n) is 4.48. The maximum absolute atomic E-state index is 12.7. The highest BCUT2D eigenvalue weighted by molar-refractivity contribution is 7.99. The number of nitrogens with zero attached hydrogens (tertiary/aromatic N) is 3.